The predicted molar refractivity (Wildman–Crippen MR) is 133 cm³/mol. The van der Waals surface area contributed by atoms with Crippen molar-refractivity contribution in [3.8, 4) is 0 Å². The molecule has 8 nitrogen and oxygen atoms in total. The Hall–Kier alpha value is -3.50. The van der Waals surface area contributed by atoms with Crippen LogP contribution < -0.4 is 21.7 Å². The van der Waals surface area contributed by atoms with E-state index in [0.29, 0.717) is 22.1 Å². The lowest BCUT2D eigenvalue weighted by molar-refractivity contribution is -0.123. The Labute approximate surface area is 210 Å². The number of carbonyl (C=O) groups is 3. The van der Waals surface area contributed by atoms with Gasteiger partial charge in [-0.1, -0.05) is 42.6 Å². The van der Waals surface area contributed by atoms with Crippen LogP contribution in [-0.2, 0) is 4.79 Å². The molecule has 1 aliphatic rings. The van der Waals surface area contributed by atoms with Crippen LogP contribution in [0.4, 0.5) is 15.8 Å². The quantitative estimate of drug-likeness (QED) is 0.436. The summed E-state index contributed by atoms with van der Waals surface area (Å²) >= 11 is 6.75. The fourth-order valence-electron chi connectivity index (χ4n) is 4.16. The monoisotopic (exact) mass is 515 g/mol. The molecule has 4 rings (SSSR count). The molecule has 1 aliphatic carbocycles. The zero-order chi connectivity index (χ0) is 25.1. The fourth-order valence-corrected chi connectivity index (χ4v) is 5.03. The maximum Gasteiger partial charge on any atom is 0.273 e. The highest BCUT2D eigenvalue weighted by atomic mass is 35.5. The highest BCUT2D eigenvalue weighted by Crippen LogP contribution is 2.34. The summed E-state index contributed by atoms with van der Waals surface area (Å²) < 4.78 is 18.2. The van der Waals surface area contributed by atoms with Crippen LogP contribution >= 0.6 is 23.1 Å². The minimum absolute atomic E-state index is 0.0308. The molecule has 0 radical (unpaired) electrons. The van der Waals surface area contributed by atoms with Gasteiger partial charge in [-0.25, -0.2) is 4.39 Å². The molecule has 5 N–H and O–H groups in total. The average Bonchev–Trinajstić information content (AvgIpc) is 3.47. The van der Waals surface area contributed by atoms with E-state index in [-0.39, 0.29) is 28.0 Å². The van der Waals surface area contributed by atoms with E-state index in [2.05, 4.69) is 9.69 Å². The molecule has 0 spiro atoms. The summed E-state index contributed by atoms with van der Waals surface area (Å²) in [4.78, 5) is 40.3. The summed E-state index contributed by atoms with van der Waals surface area (Å²) in [5, 5.41) is 3.47. The molecule has 1 fully saturated rings. The van der Waals surface area contributed by atoms with Gasteiger partial charge in [-0.2, -0.15) is 4.37 Å². The van der Waals surface area contributed by atoms with Crippen molar-refractivity contribution in [1.82, 2.24) is 9.69 Å². The summed E-state index contributed by atoms with van der Waals surface area (Å²) in [5.74, 6) is -2.64. The lowest BCUT2D eigenvalue weighted by Crippen LogP contribution is -2.46. The number of halogens is 2. The molecule has 0 saturated heterocycles. The Morgan fingerprint density at radius 1 is 1.14 bits per heavy atom. The van der Waals surface area contributed by atoms with Gasteiger partial charge in [0.15, 0.2) is 5.69 Å². The first-order valence-corrected chi connectivity index (χ1v) is 12.1. The Bertz CT molecular complexity index is 1260. The van der Waals surface area contributed by atoms with Gasteiger partial charge in [0.1, 0.15) is 16.7 Å². The predicted octanol–water partition coefficient (Wildman–Crippen LogP) is 4.06. The molecule has 0 aliphatic heterocycles. The molecule has 1 aromatic heterocycles. The number of nitrogens with two attached hydrogens (primary N) is 2. The van der Waals surface area contributed by atoms with E-state index in [0.717, 1.165) is 36.6 Å². The third-order valence-electron chi connectivity index (χ3n) is 5.85. The van der Waals surface area contributed by atoms with Crippen LogP contribution in [-0.4, -0.2) is 28.1 Å². The van der Waals surface area contributed by atoms with Gasteiger partial charge in [0.2, 0.25) is 5.91 Å². The second kappa shape index (κ2) is 10.4. The maximum atomic E-state index is 14.3. The summed E-state index contributed by atoms with van der Waals surface area (Å²) in [6, 6.07) is 10.6. The number of carbonyl (C=O) groups excluding carboxylic acids is 3. The van der Waals surface area contributed by atoms with E-state index in [9.17, 15) is 18.8 Å². The van der Waals surface area contributed by atoms with Crippen LogP contribution in [0, 0.1) is 5.82 Å². The SMILES string of the molecule is NC(=O)c1nsc(C(=O)N(c2cccc(F)c2)[C@@H](C(=O)NC2CCCC2)c2ccc(Cl)cc2)c1N. The van der Waals surface area contributed by atoms with Gasteiger partial charge in [-0.3, -0.25) is 19.3 Å². The van der Waals surface area contributed by atoms with Crippen LogP contribution in [0.1, 0.15) is 57.4 Å². The molecule has 0 bridgehead atoms. The van der Waals surface area contributed by atoms with Crippen molar-refractivity contribution in [2.75, 3.05) is 10.6 Å². The molecule has 1 atom stereocenters. The number of nitrogens with one attached hydrogen (secondary N) is 1. The second-order valence-corrected chi connectivity index (χ2v) is 9.45. The summed E-state index contributed by atoms with van der Waals surface area (Å²) in [7, 11) is 0. The van der Waals surface area contributed by atoms with Crippen LogP contribution in [0.25, 0.3) is 0 Å². The van der Waals surface area contributed by atoms with Crippen molar-refractivity contribution in [1.29, 1.82) is 0 Å². The first-order valence-electron chi connectivity index (χ1n) is 11.0. The number of amides is 3. The normalized spacial score (nSPS) is 14.5. The zero-order valence-corrected chi connectivity index (χ0v) is 20.1. The molecule has 0 unspecified atom stereocenters. The molecular formula is C24H23ClFN5O3S. The third kappa shape index (κ3) is 5.28. The van der Waals surface area contributed by atoms with Crippen molar-refractivity contribution in [3.63, 3.8) is 0 Å². The van der Waals surface area contributed by atoms with Gasteiger partial charge >= 0.3 is 0 Å². The van der Waals surface area contributed by atoms with E-state index in [1.165, 1.54) is 18.2 Å². The number of nitrogen functional groups attached to an aromatic ring is 1. The number of rotatable bonds is 7. The molecule has 2 aromatic carbocycles. The number of primary amides is 1. The van der Waals surface area contributed by atoms with E-state index in [1.807, 2.05) is 0 Å². The van der Waals surface area contributed by atoms with Gasteiger partial charge in [-0.05, 0) is 60.3 Å². The first kappa shape index (κ1) is 24.6. The Morgan fingerprint density at radius 2 is 1.83 bits per heavy atom. The average molecular weight is 516 g/mol. The Balaban J connectivity index is 1.85. The summed E-state index contributed by atoms with van der Waals surface area (Å²) in [5.41, 5.74) is 11.5. The van der Waals surface area contributed by atoms with Gasteiger partial charge < -0.3 is 16.8 Å². The van der Waals surface area contributed by atoms with Crippen molar-refractivity contribution in [2.45, 2.75) is 37.8 Å². The lowest BCUT2D eigenvalue weighted by Gasteiger charge is -2.32. The number of anilines is 2. The maximum absolute atomic E-state index is 14.3. The number of benzene rings is 2. The third-order valence-corrected chi connectivity index (χ3v) is 6.96. The van der Waals surface area contributed by atoms with Crippen molar-refractivity contribution < 1.29 is 18.8 Å². The molecular weight excluding hydrogens is 493 g/mol. The summed E-state index contributed by atoms with van der Waals surface area (Å²) in [6.45, 7) is 0. The van der Waals surface area contributed by atoms with Crippen LogP contribution in [0.2, 0.25) is 5.02 Å². The fraction of sp³-hybridized carbons (Fsp3) is 0.250. The number of hydrogen-bond donors (Lipinski definition) is 3. The molecule has 3 amide bonds. The van der Waals surface area contributed by atoms with Gasteiger partial charge in [-0.15, -0.1) is 0 Å². The minimum Gasteiger partial charge on any atom is -0.395 e. The van der Waals surface area contributed by atoms with E-state index in [4.69, 9.17) is 23.1 Å². The molecule has 1 heterocycles. The first-order chi connectivity index (χ1) is 16.8. The Morgan fingerprint density at radius 3 is 2.43 bits per heavy atom. The summed E-state index contributed by atoms with van der Waals surface area (Å²) in [6.07, 6.45) is 3.65. The topological polar surface area (TPSA) is 131 Å². The largest absolute Gasteiger partial charge is 0.395 e. The number of nitrogens with zero attached hydrogens (tertiary/aromatic N) is 2. The van der Waals surface area contributed by atoms with Crippen LogP contribution in [0.15, 0.2) is 48.5 Å². The highest BCUT2D eigenvalue weighted by Gasteiger charge is 2.37. The number of hydrogen-bond acceptors (Lipinski definition) is 6. The van der Waals surface area contributed by atoms with E-state index >= 15 is 0 Å². The lowest BCUT2D eigenvalue weighted by atomic mass is 10.0. The molecule has 11 heteroatoms. The van der Waals surface area contributed by atoms with E-state index < -0.39 is 29.6 Å². The van der Waals surface area contributed by atoms with Crippen molar-refractivity contribution >= 4 is 52.2 Å². The molecule has 1 saturated carbocycles. The van der Waals surface area contributed by atoms with Gasteiger partial charge in [0.05, 0.1) is 5.69 Å². The zero-order valence-electron chi connectivity index (χ0n) is 18.5. The minimum atomic E-state index is -1.18. The second-order valence-electron chi connectivity index (χ2n) is 8.24. The molecule has 35 heavy (non-hydrogen) atoms. The molecule has 182 valence electrons. The smallest absolute Gasteiger partial charge is 0.273 e. The van der Waals surface area contributed by atoms with E-state index in [1.54, 1.807) is 24.3 Å². The standard InChI is InChI=1S/C24H23ClFN5O3S/c25-14-10-8-13(9-11-14)20(23(33)29-16-5-1-2-6-16)31(17-7-3-4-15(26)12-17)24(34)21-18(27)19(22(28)32)30-35-21/h3-4,7-12,16,20H,1-2,5-6,27H2,(H2,28,32)(H,29,33)/t20-/m1/s1. The van der Waals surface area contributed by atoms with Gasteiger partial charge in [0.25, 0.3) is 11.8 Å². The van der Waals surface area contributed by atoms with Gasteiger partial charge in [0, 0.05) is 16.8 Å². The Kier molecular flexibility index (Phi) is 7.32. The number of aromatic nitrogens is 1. The molecule has 3 aromatic rings. The van der Waals surface area contributed by atoms with Crippen molar-refractivity contribution in [3.05, 3.63) is 75.5 Å². The highest BCUT2D eigenvalue weighted by molar-refractivity contribution is 7.09. The van der Waals surface area contributed by atoms with Crippen LogP contribution in [0.5, 0.6) is 0 Å². The van der Waals surface area contributed by atoms with Crippen LogP contribution in [0.3, 0.4) is 0 Å². The van der Waals surface area contributed by atoms with Crippen molar-refractivity contribution in [2.24, 2.45) is 5.73 Å².